The van der Waals surface area contributed by atoms with Gasteiger partial charge in [0.05, 0.1) is 39.6 Å². The fraction of sp³-hybridized carbons (Fsp3) is 0.208. The predicted octanol–water partition coefficient (Wildman–Crippen LogP) is 3.05. The van der Waals surface area contributed by atoms with Crippen LogP contribution in [0.15, 0.2) is 65.6 Å². The maximum atomic E-state index is 13.3. The van der Waals surface area contributed by atoms with Crippen molar-refractivity contribution in [2.75, 3.05) is 28.4 Å². The largest absolute Gasteiger partial charge is 0.497 e. The zero-order valence-corrected chi connectivity index (χ0v) is 18.1. The lowest BCUT2D eigenvalue weighted by molar-refractivity contribution is -0.120. The van der Waals surface area contributed by atoms with Gasteiger partial charge in [0, 0.05) is 6.08 Å². The molecule has 0 heterocycles. The van der Waals surface area contributed by atoms with Gasteiger partial charge in [-0.05, 0) is 29.8 Å². The number of ketones is 3. The van der Waals surface area contributed by atoms with Crippen LogP contribution in [0.25, 0.3) is 0 Å². The van der Waals surface area contributed by atoms with E-state index < -0.39 is 17.3 Å². The highest BCUT2D eigenvalue weighted by Crippen LogP contribution is 2.35. The summed E-state index contributed by atoms with van der Waals surface area (Å²) < 4.78 is 26.4. The fourth-order valence-electron chi connectivity index (χ4n) is 3.17. The minimum atomic E-state index is -0.752. The molecular formula is C24H22O8. The van der Waals surface area contributed by atoms with Crippen molar-refractivity contribution >= 4 is 17.3 Å². The fourth-order valence-corrected chi connectivity index (χ4v) is 3.17. The second kappa shape index (κ2) is 9.82. The molecule has 0 aliphatic heterocycles. The lowest BCUT2D eigenvalue weighted by Gasteiger charge is -2.18. The van der Waals surface area contributed by atoms with Gasteiger partial charge in [0.2, 0.25) is 28.9 Å². The first-order valence-corrected chi connectivity index (χ1v) is 9.55. The van der Waals surface area contributed by atoms with E-state index in [0.717, 1.165) is 11.6 Å². The quantitative estimate of drug-likeness (QED) is 0.335. The third-order valence-electron chi connectivity index (χ3n) is 4.79. The van der Waals surface area contributed by atoms with E-state index in [9.17, 15) is 14.4 Å². The number of benzene rings is 2. The number of rotatable bonds is 9. The number of hydrogen-bond donors (Lipinski definition) is 0. The number of ether oxygens (including phenoxy) is 5. The standard InChI is InChI=1S/C24H22O8/c1-28-15-10-8-14(9-11-15)13-32-22-16(6-5-7-19(22)29-2)20(26)17-12-18(25)23(30-3)24(31-4)21(17)27/h5-12H,13H2,1-4H3. The van der Waals surface area contributed by atoms with Gasteiger partial charge in [-0.25, -0.2) is 0 Å². The number of para-hydroxylation sites is 1. The van der Waals surface area contributed by atoms with E-state index in [-0.39, 0.29) is 35.0 Å². The molecular weight excluding hydrogens is 416 g/mol. The zero-order valence-electron chi connectivity index (χ0n) is 18.1. The summed E-state index contributed by atoms with van der Waals surface area (Å²) in [5.41, 5.74) is 0.546. The van der Waals surface area contributed by atoms with E-state index >= 15 is 0 Å². The Morgan fingerprint density at radius 2 is 1.50 bits per heavy atom. The van der Waals surface area contributed by atoms with Crippen molar-refractivity contribution in [3.8, 4) is 17.2 Å². The van der Waals surface area contributed by atoms with Crippen LogP contribution in [0.5, 0.6) is 17.2 Å². The summed E-state index contributed by atoms with van der Waals surface area (Å²) in [6, 6.07) is 11.9. The Balaban J connectivity index is 1.95. The smallest absolute Gasteiger partial charge is 0.235 e. The van der Waals surface area contributed by atoms with Crippen LogP contribution in [0.2, 0.25) is 0 Å². The molecule has 32 heavy (non-hydrogen) atoms. The van der Waals surface area contributed by atoms with Crippen molar-refractivity contribution < 1.29 is 38.1 Å². The van der Waals surface area contributed by atoms with E-state index in [0.29, 0.717) is 11.5 Å². The van der Waals surface area contributed by atoms with Crippen molar-refractivity contribution in [1.29, 1.82) is 0 Å². The van der Waals surface area contributed by atoms with Gasteiger partial charge in [-0.1, -0.05) is 18.2 Å². The molecule has 0 radical (unpaired) electrons. The molecule has 0 N–H and O–H groups in total. The summed E-state index contributed by atoms with van der Waals surface area (Å²) in [5.74, 6) is -1.52. The molecule has 0 atom stereocenters. The maximum Gasteiger partial charge on any atom is 0.235 e. The molecule has 1 aliphatic carbocycles. The monoisotopic (exact) mass is 438 g/mol. The normalized spacial score (nSPS) is 13.4. The summed E-state index contributed by atoms with van der Waals surface area (Å²) in [4.78, 5) is 38.4. The maximum absolute atomic E-state index is 13.3. The van der Waals surface area contributed by atoms with E-state index in [4.69, 9.17) is 23.7 Å². The van der Waals surface area contributed by atoms with E-state index in [1.54, 1.807) is 31.4 Å². The van der Waals surface area contributed by atoms with Gasteiger partial charge in [-0.2, -0.15) is 0 Å². The van der Waals surface area contributed by atoms with Crippen LogP contribution in [-0.4, -0.2) is 45.8 Å². The average molecular weight is 438 g/mol. The Bertz CT molecular complexity index is 1110. The molecule has 0 saturated carbocycles. The first-order valence-electron chi connectivity index (χ1n) is 9.55. The van der Waals surface area contributed by atoms with Crippen LogP contribution in [0, 0.1) is 0 Å². The van der Waals surface area contributed by atoms with Gasteiger partial charge in [-0.3, -0.25) is 14.4 Å². The number of allylic oxidation sites excluding steroid dienone is 2. The molecule has 8 nitrogen and oxygen atoms in total. The lowest BCUT2D eigenvalue weighted by atomic mass is 9.92. The van der Waals surface area contributed by atoms with Crippen molar-refractivity contribution in [3.63, 3.8) is 0 Å². The molecule has 3 rings (SSSR count). The molecule has 0 bridgehead atoms. The van der Waals surface area contributed by atoms with Gasteiger partial charge < -0.3 is 23.7 Å². The Labute approximate surface area is 185 Å². The van der Waals surface area contributed by atoms with Crippen LogP contribution in [0.4, 0.5) is 0 Å². The van der Waals surface area contributed by atoms with E-state index in [1.165, 1.54) is 27.4 Å². The molecule has 2 aromatic rings. The molecule has 1 aliphatic rings. The molecule has 0 amide bonds. The molecule has 0 fully saturated rings. The van der Waals surface area contributed by atoms with Crippen LogP contribution >= 0.6 is 0 Å². The predicted molar refractivity (Wildman–Crippen MR) is 114 cm³/mol. The lowest BCUT2D eigenvalue weighted by Crippen LogP contribution is -2.26. The number of carbonyl (C=O) groups is 3. The number of carbonyl (C=O) groups excluding carboxylic acids is 3. The molecule has 0 saturated heterocycles. The first kappa shape index (κ1) is 22.6. The summed E-state index contributed by atoms with van der Waals surface area (Å²) in [5, 5.41) is 0. The first-order chi connectivity index (χ1) is 15.4. The van der Waals surface area contributed by atoms with E-state index in [2.05, 4.69) is 0 Å². The Morgan fingerprint density at radius 1 is 0.812 bits per heavy atom. The molecule has 0 aromatic heterocycles. The van der Waals surface area contributed by atoms with Crippen molar-refractivity contribution in [2.45, 2.75) is 6.61 Å². The molecule has 166 valence electrons. The number of hydrogen-bond acceptors (Lipinski definition) is 8. The Kier molecular flexibility index (Phi) is 6.94. The van der Waals surface area contributed by atoms with Crippen molar-refractivity contribution in [2.24, 2.45) is 0 Å². The molecule has 0 unspecified atom stereocenters. The number of methoxy groups -OCH3 is 4. The SMILES string of the molecule is COC1=C(OC)C(=O)C(C(=O)c2cccc(OC)c2OCc2ccc(OC)cc2)=CC1=O. The highest BCUT2D eigenvalue weighted by atomic mass is 16.5. The van der Waals surface area contributed by atoms with Gasteiger partial charge >= 0.3 is 0 Å². The minimum Gasteiger partial charge on any atom is -0.497 e. The molecule has 2 aromatic carbocycles. The van der Waals surface area contributed by atoms with Gasteiger partial charge in [0.15, 0.2) is 11.5 Å². The number of Topliss-reactive ketones (excluding diaryl/α,β-unsaturated/α-hetero) is 2. The highest BCUT2D eigenvalue weighted by molar-refractivity contribution is 6.36. The van der Waals surface area contributed by atoms with E-state index in [1.807, 2.05) is 12.1 Å². The highest BCUT2D eigenvalue weighted by Gasteiger charge is 2.35. The van der Waals surface area contributed by atoms with Gasteiger partial charge in [0.25, 0.3) is 0 Å². The Morgan fingerprint density at radius 3 is 2.09 bits per heavy atom. The second-order valence-corrected chi connectivity index (χ2v) is 6.62. The van der Waals surface area contributed by atoms with Crippen LogP contribution in [0.1, 0.15) is 15.9 Å². The van der Waals surface area contributed by atoms with Gasteiger partial charge in [0.1, 0.15) is 12.4 Å². The minimum absolute atomic E-state index is 0.0709. The average Bonchev–Trinajstić information content (AvgIpc) is 2.83. The topological polar surface area (TPSA) is 97.4 Å². The van der Waals surface area contributed by atoms with Gasteiger partial charge in [-0.15, -0.1) is 0 Å². The second-order valence-electron chi connectivity index (χ2n) is 6.62. The van der Waals surface area contributed by atoms with Crippen LogP contribution in [-0.2, 0) is 25.7 Å². The molecule has 0 spiro atoms. The summed E-state index contributed by atoms with van der Waals surface area (Å²) in [7, 11) is 5.48. The zero-order chi connectivity index (χ0) is 23.3. The van der Waals surface area contributed by atoms with Crippen molar-refractivity contribution in [1.82, 2.24) is 0 Å². The molecule has 8 heteroatoms. The van der Waals surface area contributed by atoms with Crippen LogP contribution in [0.3, 0.4) is 0 Å². The third kappa shape index (κ3) is 4.34. The van der Waals surface area contributed by atoms with Crippen molar-refractivity contribution in [3.05, 3.63) is 76.8 Å². The van der Waals surface area contributed by atoms with Crippen LogP contribution < -0.4 is 14.2 Å². The summed E-state index contributed by atoms with van der Waals surface area (Å²) >= 11 is 0. The summed E-state index contributed by atoms with van der Waals surface area (Å²) in [6.45, 7) is 0.133. The Hall–Kier alpha value is -4.07. The summed E-state index contributed by atoms with van der Waals surface area (Å²) in [6.07, 6.45) is 0.943. The third-order valence-corrected chi connectivity index (χ3v) is 4.79.